The van der Waals surface area contributed by atoms with Gasteiger partial charge in [0, 0.05) is 18.2 Å². The van der Waals surface area contributed by atoms with Gasteiger partial charge in [-0.3, -0.25) is 4.90 Å². The van der Waals surface area contributed by atoms with E-state index < -0.39 is 6.09 Å². The zero-order valence-corrected chi connectivity index (χ0v) is 18.3. The first-order valence-electron chi connectivity index (χ1n) is 9.56. The normalized spacial score (nSPS) is 10.9. The number of nitrogens with zero attached hydrogens (tertiary/aromatic N) is 2. The molecule has 8 nitrogen and oxygen atoms in total. The zero-order valence-electron chi connectivity index (χ0n) is 18.3. The number of oxime groups is 1. The van der Waals surface area contributed by atoms with Crippen molar-refractivity contribution in [1.82, 2.24) is 0 Å². The second-order valence-electron chi connectivity index (χ2n) is 6.36. The Morgan fingerprint density at radius 3 is 2.58 bits per heavy atom. The highest BCUT2D eigenvalue weighted by atomic mass is 16.6. The number of carbonyl (C=O) groups is 1. The maximum absolute atomic E-state index is 12.1. The van der Waals surface area contributed by atoms with Crippen LogP contribution in [0.4, 0.5) is 10.5 Å². The summed E-state index contributed by atoms with van der Waals surface area (Å²) in [5.74, 6) is 1.21. The van der Waals surface area contributed by atoms with Gasteiger partial charge in [0.2, 0.25) is 0 Å². The van der Waals surface area contributed by atoms with Crippen molar-refractivity contribution >= 4 is 17.5 Å². The number of hydrogen-bond donors (Lipinski definition) is 0. The van der Waals surface area contributed by atoms with Crippen molar-refractivity contribution in [2.75, 3.05) is 39.6 Å². The minimum atomic E-state index is -0.528. The van der Waals surface area contributed by atoms with Crippen LogP contribution >= 0.6 is 0 Å². The van der Waals surface area contributed by atoms with Crippen LogP contribution in [0.25, 0.3) is 0 Å². The number of anilines is 1. The lowest BCUT2D eigenvalue weighted by Crippen LogP contribution is -2.33. The average molecular weight is 428 g/mol. The summed E-state index contributed by atoms with van der Waals surface area (Å²) >= 11 is 0. The number of ether oxygens (including phenoxy) is 4. The second kappa shape index (κ2) is 12.2. The largest absolute Gasteiger partial charge is 0.493 e. The Hall–Kier alpha value is -3.52. The summed E-state index contributed by atoms with van der Waals surface area (Å²) in [6.45, 7) is 6.06. The third kappa shape index (κ3) is 6.48. The molecule has 0 spiro atoms. The SMILES string of the molecule is C=CCOc1ccc(C(C)=NOCc2ccccc2N(COC)C(=O)OC)cc1OC. The molecule has 2 aromatic rings. The lowest BCUT2D eigenvalue weighted by atomic mass is 10.1. The Morgan fingerprint density at radius 2 is 1.90 bits per heavy atom. The summed E-state index contributed by atoms with van der Waals surface area (Å²) in [5.41, 5.74) is 2.86. The molecule has 0 bridgehead atoms. The van der Waals surface area contributed by atoms with Crippen LogP contribution in [-0.4, -0.2) is 46.5 Å². The van der Waals surface area contributed by atoms with Crippen molar-refractivity contribution in [2.24, 2.45) is 5.16 Å². The third-order valence-corrected chi connectivity index (χ3v) is 4.30. The molecular weight excluding hydrogens is 400 g/mol. The molecule has 0 saturated carbocycles. The van der Waals surface area contributed by atoms with Crippen LogP contribution in [0.5, 0.6) is 11.5 Å². The summed E-state index contributed by atoms with van der Waals surface area (Å²) in [4.78, 5) is 19.1. The van der Waals surface area contributed by atoms with Gasteiger partial charge in [-0.1, -0.05) is 36.0 Å². The highest BCUT2D eigenvalue weighted by molar-refractivity contribution is 5.98. The van der Waals surface area contributed by atoms with Crippen molar-refractivity contribution in [1.29, 1.82) is 0 Å². The van der Waals surface area contributed by atoms with Gasteiger partial charge in [-0.15, -0.1) is 0 Å². The van der Waals surface area contributed by atoms with E-state index in [1.165, 1.54) is 19.1 Å². The standard InChI is InChI=1S/C23H28N2O6/c1-6-13-30-21-12-11-18(14-22(21)28-4)17(2)24-31-15-19-9-7-8-10-20(19)25(16-27-3)23(26)29-5/h6-12,14H,1,13,15-16H2,2-5H3. The summed E-state index contributed by atoms with van der Waals surface area (Å²) < 4.78 is 20.9. The number of benzene rings is 2. The molecule has 0 radical (unpaired) electrons. The van der Waals surface area contributed by atoms with Crippen molar-refractivity contribution in [2.45, 2.75) is 13.5 Å². The zero-order chi connectivity index (χ0) is 22.6. The van der Waals surface area contributed by atoms with Crippen molar-refractivity contribution < 1.29 is 28.6 Å². The van der Waals surface area contributed by atoms with Gasteiger partial charge in [0.05, 0.1) is 25.6 Å². The smallest absolute Gasteiger partial charge is 0.415 e. The van der Waals surface area contributed by atoms with Gasteiger partial charge in [-0.05, 0) is 31.2 Å². The molecule has 0 unspecified atom stereocenters. The second-order valence-corrected chi connectivity index (χ2v) is 6.36. The number of hydrogen-bond acceptors (Lipinski definition) is 7. The fourth-order valence-corrected chi connectivity index (χ4v) is 2.77. The summed E-state index contributed by atoms with van der Waals surface area (Å²) in [7, 11) is 4.40. The molecule has 1 amide bonds. The van der Waals surface area contributed by atoms with E-state index in [4.69, 9.17) is 23.8 Å². The summed E-state index contributed by atoms with van der Waals surface area (Å²) in [6.07, 6.45) is 1.14. The predicted molar refractivity (Wildman–Crippen MR) is 119 cm³/mol. The Balaban J connectivity index is 2.15. The molecule has 166 valence electrons. The molecule has 0 heterocycles. The molecular formula is C23H28N2O6. The Morgan fingerprint density at radius 1 is 1.13 bits per heavy atom. The van der Waals surface area contributed by atoms with Crippen LogP contribution in [0.3, 0.4) is 0 Å². The molecule has 0 aliphatic heterocycles. The lowest BCUT2D eigenvalue weighted by Gasteiger charge is -2.22. The third-order valence-electron chi connectivity index (χ3n) is 4.30. The van der Waals surface area contributed by atoms with Crippen LogP contribution in [0.15, 0.2) is 60.3 Å². The molecule has 0 aliphatic rings. The van der Waals surface area contributed by atoms with Crippen molar-refractivity contribution in [3.8, 4) is 11.5 Å². The Labute approximate surface area is 182 Å². The van der Waals surface area contributed by atoms with Crippen LogP contribution in [-0.2, 0) is 20.9 Å². The molecule has 2 rings (SSSR count). The first-order chi connectivity index (χ1) is 15.0. The Bertz CT molecular complexity index is 913. The highest BCUT2D eigenvalue weighted by Gasteiger charge is 2.19. The minimum Gasteiger partial charge on any atom is -0.493 e. The average Bonchev–Trinajstić information content (AvgIpc) is 2.80. The monoisotopic (exact) mass is 428 g/mol. The molecule has 0 atom stereocenters. The van der Waals surface area contributed by atoms with Crippen LogP contribution in [0.1, 0.15) is 18.1 Å². The number of para-hydroxylation sites is 1. The number of amides is 1. The summed E-state index contributed by atoms with van der Waals surface area (Å²) in [5, 5.41) is 4.21. The molecule has 8 heteroatoms. The molecule has 0 N–H and O–H groups in total. The van der Waals surface area contributed by atoms with Crippen LogP contribution in [0, 0.1) is 0 Å². The van der Waals surface area contributed by atoms with E-state index in [1.54, 1.807) is 19.3 Å². The van der Waals surface area contributed by atoms with Gasteiger partial charge in [0.25, 0.3) is 0 Å². The fraction of sp³-hybridized carbons (Fsp3) is 0.304. The maximum atomic E-state index is 12.1. The van der Waals surface area contributed by atoms with E-state index in [-0.39, 0.29) is 13.3 Å². The van der Waals surface area contributed by atoms with E-state index in [0.29, 0.717) is 29.5 Å². The lowest BCUT2D eigenvalue weighted by molar-refractivity contribution is 0.129. The predicted octanol–water partition coefficient (Wildman–Crippen LogP) is 4.38. The van der Waals surface area contributed by atoms with Crippen LogP contribution in [0.2, 0.25) is 0 Å². The van der Waals surface area contributed by atoms with Gasteiger partial charge in [-0.25, -0.2) is 4.79 Å². The maximum Gasteiger partial charge on any atom is 0.415 e. The van der Waals surface area contributed by atoms with Gasteiger partial charge < -0.3 is 23.8 Å². The van der Waals surface area contributed by atoms with Gasteiger partial charge in [0.15, 0.2) is 11.5 Å². The van der Waals surface area contributed by atoms with E-state index >= 15 is 0 Å². The van der Waals surface area contributed by atoms with Crippen LogP contribution < -0.4 is 14.4 Å². The molecule has 0 fully saturated rings. The van der Waals surface area contributed by atoms with Gasteiger partial charge in [-0.2, -0.15) is 0 Å². The molecule has 0 saturated heterocycles. The first-order valence-corrected chi connectivity index (χ1v) is 9.56. The summed E-state index contributed by atoms with van der Waals surface area (Å²) in [6, 6.07) is 12.8. The topological polar surface area (TPSA) is 78.8 Å². The van der Waals surface area contributed by atoms with Gasteiger partial charge >= 0.3 is 6.09 Å². The molecule has 0 aliphatic carbocycles. The van der Waals surface area contributed by atoms with E-state index in [2.05, 4.69) is 11.7 Å². The van der Waals surface area contributed by atoms with Gasteiger partial charge in [0.1, 0.15) is 19.9 Å². The quantitative estimate of drug-likeness (QED) is 0.229. The van der Waals surface area contributed by atoms with E-state index in [9.17, 15) is 4.79 Å². The number of methoxy groups -OCH3 is 3. The van der Waals surface area contributed by atoms with Crippen molar-refractivity contribution in [3.05, 3.63) is 66.2 Å². The van der Waals surface area contributed by atoms with Crippen molar-refractivity contribution in [3.63, 3.8) is 0 Å². The number of carbonyl (C=O) groups excluding carboxylic acids is 1. The fourth-order valence-electron chi connectivity index (χ4n) is 2.77. The van der Waals surface area contributed by atoms with E-state index in [0.717, 1.165) is 11.1 Å². The first kappa shape index (κ1) is 23.8. The minimum absolute atomic E-state index is 0.0477. The molecule has 2 aromatic carbocycles. The number of rotatable bonds is 11. The molecule has 31 heavy (non-hydrogen) atoms. The Kier molecular flexibility index (Phi) is 9.38. The molecule has 0 aromatic heterocycles. The highest BCUT2D eigenvalue weighted by Crippen LogP contribution is 2.28. The van der Waals surface area contributed by atoms with E-state index in [1.807, 2.05) is 43.3 Å².